The average Bonchev–Trinajstić information content (AvgIpc) is 3.29. The Morgan fingerprint density at radius 2 is 1.80 bits per heavy atom. The summed E-state index contributed by atoms with van der Waals surface area (Å²) in [4.78, 5) is 14.6. The van der Waals surface area contributed by atoms with Gasteiger partial charge in [-0.1, -0.05) is 12.1 Å². The van der Waals surface area contributed by atoms with E-state index in [4.69, 9.17) is 9.47 Å². The number of rotatable bonds is 9. The second-order valence-electron chi connectivity index (χ2n) is 7.30. The van der Waals surface area contributed by atoms with Gasteiger partial charge in [0.1, 0.15) is 11.5 Å². The van der Waals surface area contributed by atoms with Gasteiger partial charge in [-0.25, -0.2) is 5.43 Å². The Bertz CT molecular complexity index is 892. The highest BCUT2D eigenvalue weighted by atomic mass is 16.5. The summed E-state index contributed by atoms with van der Waals surface area (Å²) in [6.45, 7) is 5.08. The first-order valence-corrected chi connectivity index (χ1v) is 10.2. The fourth-order valence-electron chi connectivity index (χ4n) is 3.53. The molecule has 0 unspecified atom stereocenters. The molecule has 160 valence electrons. The van der Waals surface area contributed by atoms with Crippen LogP contribution in [0.2, 0.25) is 0 Å². The van der Waals surface area contributed by atoms with Gasteiger partial charge in [-0.3, -0.25) is 9.69 Å². The van der Waals surface area contributed by atoms with E-state index in [1.807, 2.05) is 43.3 Å². The minimum atomic E-state index is -0.231. The number of carbonyl (C=O) groups excluding carboxylic acids is 1. The van der Waals surface area contributed by atoms with Crippen molar-refractivity contribution in [3.63, 3.8) is 0 Å². The van der Waals surface area contributed by atoms with Crippen LogP contribution in [-0.4, -0.2) is 50.4 Å². The molecule has 2 N–H and O–H groups in total. The number of benzene rings is 2. The van der Waals surface area contributed by atoms with E-state index in [-0.39, 0.29) is 12.5 Å². The predicted molar refractivity (Wildman–Crippen MR) is 119 cm³/mol. The number of para-hydroxylation sites is 2. The smallest absolute Gasteiger partial charge is 0.259 e. The van der Waals surface area contributed by atoms with Crippen molar-refractivity contribution in [1.82, 2.24) is 10.3 Å². The molecule has 0 aromatic heterocycles. The van der Waals surface area contributed by atoms with E-state index >= 15 is 0 Å². The quantitative estimate of drug-likeness (QED) is 0.490. The van der Waals surface area contributed by atoms with Crippen LogP contribution in [0.4, 0.5) is 5.69 Å². The van der Waals surface area contributed by atoms with E-state index in [0.29, 0.717) is 5.75 Å². The number of ether oxygens (including phenoxy) is 2. The Kier molecular flexibility index (Phi) is 7.68. The fraction of sp³-hybridized carbons (Fsp3) is 0.391. The van der Waals surface area contributed by atoms with Crippen molar-refractivity contribution < 1.29 is 14.3 Å². The highest BCUT2D eigenvalue weighted by Gasteiger charge is 2.15. The zero-order chi connectivity index (χ0) is 21.3. The molecule has 0 bridgehead atoms. The Morgan fingerprint density at radius 3 is 2.53 bits per heavy atom. The summed E-state index contributed by atoms with van der Waals surface area (Å²) in [5, 5.41) is 7.33. The van der Waals surface area contributed by atoms with Gasteiger partial charge >= 0.3 is 0 Å². The SMILES string of the molecule is COc1ccc(/C(C)=N\NC(=O)CNc2ccccc2OC)cc1CN1CCCC1. The molecule has 1 aliphatic rings. The van der Waals surface area contributed by atoms with Crippen LogP contribution in [0.3, 0.4) is 0 Å². The van der Waals surface area contributed by atoms with Crippen molar-refractivity contribution in [2.45, 2.75) is 26.3 Å². The maximum Gasteiger partial charge on any atom is 0.259 e. The second-order valence-corrected chi connectivity index (χ2v) is 7.30. The van der Waals surface area contributed by atoms with Crippen LogP contribution in [0, 0.1) is 0 Å². The molecule has 3 rings (SSSR count). The maximum atomic E-state index is 12.2. The lowest BCUT2D eigenvalue weighted by Crippen LogP contribution is -2.27. The molecule has 30 heavy (non-hydrogen) atoms. The fourth-order valence-corrected chi connectivity index (χ4v) is 3.53. The molecule has 1 amide bonds. The van der Waals surface area contributed by atoms with E-state index in [1.54, 1.807) is 14.2 Å². The molecule has 0 saturated carbocycles. The average molecular weight is 411 g/mol. The van der Waals surface area contributed by atoms with Crippen molar-refractivity contribution in [2.75, 3.05) is 39.2 Å². The monoisotopic (exact) mass is 410 g/mol. The minimum absolute atomic E-state index is 0.0972. The van der Waals surface area contributed by atoms with Crippen LogP contribution in [-0.2, 0) is 11.3 Å². The number of anilines is 1. The first kappa shape index (κ1) is 21.6. The number of methoxy groups -OCH3 is 2. The van der Waals surface area contributed by atoms with Crippen LogP contribution in [0.5, 0.6) is 11.5 Å². The molecule has 0 aliphatic carbocycles. The lowest BCUT2D eigenvalue weighted by molar-refractivity contribution is -0.119. The summed E-state index contributed by atoms with van der Waals surface area (Å²) in [6.07, 6.45) is 2.49. The number of hydrazone groups is 1. The molecular formula is C23H30N4O3. The number of nitrogens with one attached hydrogen (secondary N) is 2. The molecular weight excluding hydrogens is 380 g/mol. The van der Waals surface area contributed by atoms with Crippen LogP contribution < -0.4 is 20.2 Å². The van der Waals surface area contributed by atoms with Gasteiger partial charge in [0.15, 0.2) is 0 Å². The number of likely N-dealkylation sites (tertiary alicyclic amines) is 1. The topological polar surface area (TPSA) is 75.2 Å². The van der Waals surface area contributed by atoms with Crippen LogP contribution in [0.25, 0.3) is 0 Å². The highest BCUT2D eigenvalue weighted by Crippen LogP contribution is 2.24. The molecule has 1 heterocycles. The van der Waals surface area contributed by atoms with Crippen molar-refractivity contribution in [2.24, 2.45) is 5.10 Å². The predicted octanol–water partition coefficient (Wildman–Crippen LogP) is 3.25. The summed E-state index contributed by atoms with van der Waals surface area (Å²) in [5.41, 5.74) is 6.21. The zero-order valence-electron chi connectivity index (χ0n) is 17.9. The molecule has 0 radical (unpaired) electrons. The van der Waals surface area contributed by atoms with Gasteiger partial charge < -0.3 is 14.8 Å². The second kappa shape index (κ2) is 10.6. The van der Waals surface area contributed by atoms with E-state index in [0.717, 1.165) is 47.9 Å². The van der Waals surface area contributed by atoms with Crippen LogP contribution in [0.1, 0.15) is 30.9 Å². The maximum absolute atomic E-state index is 12.2. The summed E-state index contributed by atoms with van der Waals surface area (Å²) >= 11 is 0. The van der Waals surface area contributed by atoms with Gasteiger partial charge in [0, 0.05) is 12.1 Å². The summed E-state index contributed by atoms with van der Waals surface area (Å²) < 4.78 is 10.8. The molecule has 1 aliphatic heterocycles. The van der Waals surface area contributed by atoms with Gasteiger partial charge in [-0.15, -0.1) is 0 Å². The Balaban J connectivity index is 1.60. The van der Waals surface area contributed by atoms with Gasteiger partial charge in [0.25, 0.3) is 5.91 Å². The number of hydrogen-bond donors (Lipinski definition) is 2. The summed E-state index contributed by atoms with van der Waals surface area (Å²) in [7, 11) is 3.29. The number of nitrogens with zero attached hydrogens (tertiary/aromatic N) is 2. The molecule has 7 nitrogen and oxygen atoms in total. The lowest BCUT2D eigenvalue weighted by Gasteiger charge is -2.17. The van der Waals surface area contributed by atoms with Gasteiger partial charge in [0.05, 0.1) is 32.2 Å². The molecule has 7 heteroatoms. The van der Waals surface area contributed by atoms with Crippen LogP contribution >= 0.6 is 0 Å². The number of carbonyl (C=O) groups is 1. The normalized spacial score (nSPS) is 14.4. The zero-order valence-corrected chi connectivity index (χ0v) is 17.9. The van der Waals surface area contributed by atoms with Gasteiger partial charge in [0.2, 0.25) is 0 Å². The lowest BCUT2D eigenvalue weighted by atomic mass is 10.1. The van der Waals surface area contributed by atoms with Crippen molar-refractivity contribution in [3.05, 3.63) is 53.6 Å². The van der Waals surface area contributed by atoms with E-state index in [9.17, 15) is 4.79 Å². The minimum Gasteiger partial charge on any atom is -0.496 e. The summed E-state index contributed by atoms with van der Waals surface area (Å²) in [5.74, 6) is 1.34. The first-order valence-electron chi connectivity index (χ1n) is 10.2. The molecule has 1 saturated heterocycles. The Morgan fingerprint density at radius 1 is 1.07 bits per heavy atom. The Hall–Kier alpha value is -3.06. The van der Waals surface area contributed by atoms with Crippen LogP contribution in [0.15, 0.2) is 47.6 Å². The molecule has 1 fully saturated rings. The third-order valence-corrected chi connectivity index (χ3v) is 5.19. The largest absolute Gasteiger partial charge is 0.496 e. The first-order chi connectivity index (χ1) is 14.6. The third-order valence-electron chi connectivity index (χ3n) is 5.19. The number of hydrogen-bond acceptors (Lipinski definition) is 6. The van der Waals surface area contributed by atoms with Crippen molar-refractivity contribution in [1.29, 1.82) is 0 Å². The molecule has 2 aromatic carbocycles. The van der Waals surface area contributed by atoms with Gasteiger partial charge in [-0.2, -0.15) is 5.10 Å². The Labute approximate surface area is 178 Å². The van der Waals surface area contributed by atoms with Crippen molar-refractivity contribution in [3.8, 4) is 11.5 Å². The number of amides is 1. The standard InChI is InChI=1S/C23H30N4O3/c1-17(25-26-23(28)15-24-20-8-4-5-9-22(20)30-3)18-10-11-21(29-2)19(14-18)16-27-12-6-7-13-27/h4-5,8-11,14,24H,6-7,12-13,15-16H2,1-3H3,(H,26,28)/b25-17-. The molecule has 0 spiro atoms. The molecule has 2 aromatic rings. The summed E-state index contributed by atoms with van der Waals surface area (Å²) in [6, 6.07) is 13.5. The third kappa shape index (κ3) is 5.73. The molecule has 0 atom stereocenters. The van der Waals surface area contributed by atoms with Crippen molar-refractivity contribution >= 4 is 17.3 Å². The van der Waals surface area contributed by atoms with E-state index in [2.05, 4.69) is 26.8 Å². The van der Waals surface area contributed by atoms with Gasteiger partial charge in [-0.05, 0) is 68.8 Å². The van der Waals surface area contributed by atoms with E-state index in [1.165, 1.54) is 12.8 Å². The van der Waals surface area contributed by atoms with E-state index < -0.39 is 0 Å². The highest BCUT2D eigenvalue weighted by molar-refractivity contribution is 5.99.